The average molecular weight is 399 g/mol. The zero-order valence-electron chi connectivity index (χ0n) is 13.8. The summed E-state index contributed by atoms with van der Waals surface area (Å²) in [5.41, 5.74) is -1.20. The molecule has 0 saturated carbocycles. The van der Waals surface area contributed by atoms with Gasteiger partial charge in [0.05, 0.1) is 25.5 Å². The van der Waals surface area contributed by atoms with Crippen LogP contribution in [-0.2, 0) is 14.8 Å². The number of hydrogen-bond acceptors (Lipinski definition) is 8. The first kappa shape index (κ1) is 18.4. The molecule has 0 unspecified atom stereocenters. The number of carbonyl (C=O) groups is 1. The summed E-state index contributed by atoms with van der Waals surface area (Å²) in [6.07, 6.45) is 0. The lowest BCUT2D eigenvalue weighted by Crippen LogP contribution is -2.18. The van der Waals surface area contributed by atoms with Gasteiger partial charge in [-0.3, -0.25) is 4.72 Å². The number of anilines is 1. The van der Waals surface area contributed by atoms with E-state index in [9.17, 15) is 22.0 Å². The number of para-hydroxylation sites is 1. The molecule has 0 atom stereocenters. The van der Waals surface area contributed by atoms with Gasteiger partial charge in [-0.1, -0.05) is 6.07 Å². The fraction of sp³-hybridized carbons (Fsp3) is 0.143. The number of nitrogens with one attached hydrogen (secondary N) is 1. The molecule has 0 saturated heterocycles. The van der Waals surface area contributed by atoms with Gasteiger partial charge in [-0.15, -0.1) is 5.10 Å². The minimum absolute atomic E-state index is 0.207. The Hall–Kier alpha value is -3.35. The summed E-state index contributed by atoms with van der Waals surface area (Å²) >= 11 is 0. The normalized spacial score (nSPS) is 11.4. The van der Waals surface area contributed by atoms with Gasteiger partial charge in [-0.05, 0) is 12.1 Å². The van der Waals surface area contributed by atoms with E-state index in [1.165, 1.54) is 19.2 Å². The van der Waals surface area contributed by atoms with Crippen LogP contribution in [0.5, 0.6) is 6.01 Å². The molecule has 0 amide bonds. The van der Waals surface area contributed by atoms with E-state index in [0.717, 1.165) is 23.8 Å². The van der Waals surface area contributed by atoms with Gasteiger partial charge in [-0.25, -0.2) is 9.18 Å². The van der Waals surface area contributed by atoms with E-state index in [2.05, 4.69) is 19.8 Å². The molecule has 13 heteroatoms. The molecule has 142 valence electrons. The Balaban J connectivity index is 2.09. The van der Waals surface area contributed by atoms with E-state index in [4.69, 9.17) is 4.74 Å². The van der Waals surface area contributed by atoms with E-state index >= 15 is 0 Å². The molecule has 0 aliphatic heterocycles. The van der Waals surface area contributed by atoms with Crippen molar-refractivity contribution in [3.8, 4) is 6.01 Å². The smallest absolute Gasteiger partial charge is 0.340 e. The van der Waals surface area contributed by atoms with Crippen LogP contribution >= 0.6 is 0 Å². The SMILES string of the molecule is COC(=O)c1cccc(F)c1NS(=O)(=O)c1nc2cc(F)nc(OC)n2n1. The van der Waals surface area contributed by atoms with Crippen molar-refractivity contribution in [1.82, 2.24) is 19.6 Å². The quantitative estimate of drug-likeness (QED) is 0.498. The lowest BCUT2D eigenvalue weighted by Gasteiger charge is -2.10. The Morgan fingerprint density at radius 1 is 1.22 bits per heavy atom. The summed E-state index contributed by atoms with van der Waals surface area (Å²) in [5.74, 6) is -2.94. The van der Waals surface area contributed by atoms with Crippen molar-refractivity contribution in [3.05, 3.63) is 41.6 Å². The number of esters is 1. The summed E-state index contributed by atoms with van der Waals surface area (Å²) in [5, 5.41) is 2.87. The van der Waals surface area contributed by atoms with Crippen LogP contribution < -0.4 is 9.46 Å². The molecule has 3 aromatic rings. The molecule has 1 N–H and O–H groups in total. The van der Waals surface area contributed by atoms with Gasteiger partial charge in [0.2, 0.25) is 5.95 Å². The minimum Gasteiger partial charge on any atom is -0.467 e. The van der Waals surface area contributed by atoms with Crippen molar-refractivity contribution in [2.75, 3.05) is 18.9 Å². The van der Waals surface area contributed by atoms with Gasteiger partial charge in [-0.2, -0.15) is 27.3 Å². The molecule has 0 bridgehead atoms. The molecule has 0 radical (unpaired) electrons. The number of ether oxygens (including phenoxy) is 2. The molecule has 27 heavy (non-hydrogen) atoms. The number of nitrogens with zero attached hydrogens (tertiary/aromatic N) is 4. The van der Waals surface area contributed by atoms with Crippen LogP contribution in [0.4, 0.5) is 14.5 Å². The molecule has 2 heterocycles. The van der Waals surface area contributed by atoms with Crippen LogP contribution in [0.15, 0.2) is 29.4 Å². The highest BCUT2D eigenvalue weighted by Crippen LogP contribution is 2.24. The largest absolute Gasteiger partial charge is 0.467 e. The lowest BCUT2D eigenvalue weighted by atomic mass is 10.2. The monoisotopic (exact) mass is 399 g/mol. The highest BCUT2D eigenvalue weighted by Gasteiger charge is 2.26. The van der Waals surface area contributed by atoms with E-state index in [1.54, 1.807) is 0 Å². The van der Waals surface area contributed by atoms with Crippen molar-refractivity contribution >= 4 is 27.3 Å². The summed E-state index contributed by atoms with van der Waals surface area (Å²) in [6.45, 7) is 0. The van der Waals surface area contributed by atoms with Crippen LogP contribution in [0, 0.1) is 11.8 Å². The molecule has 0 aliphatic rings. The number of rotatable bonds is 5. The van der Waals surface area contributed by atoms with Gasteiger partial charge < -0.3 is 9.47 Å². The van der Waals surface area contributed by atoms with Gasteiger partial charge in [0.25, 0.3) is 15.2 Å². The van der Waals surface area contributed by atoms with Crippen molar-refractivity contribution in [1.29, 1.82) is 0 Å². The van der Waals surface area contributed by atoms with Crippen LogP contribution in [0.2, 0.25) is 0 Å². The summed E-state index contributed by atoms with van der Waals surface area (Å²) in [7, 11) is -2.31. The third-order valence-electron chi connectivity index (χ3n) is 3.32. The maximum atomic E-state index is 14.1. The number of benzene rings is 1. The van der Waals surface area contributed by atoms with Crippen LogP contribution in [0.25, 0.3) is 5.65 Å². The zero-order chi connectivity index (χ0) is 19.8. The number of fused-ring (bicyclic) bond motifs is 1. The van der Waals surface area contributed by atoms with Crippen LogP contribution in [-0.4, -0.2) is 48.2 Å². The minimum atomic E-state index is -4.55. The third-order valence-corrected chi connectivity index (χ3v) is 4.45. The fourth-order valence-electron chi connectivity index (χ4n) is 2.15. The van der Waals surface area contributed by atoms with E-state index in [-0.39, 0.29) is 17.2 Å². The number of hydrogen-bond donors (Lipinski definition) is 1. The van der Waals surface area contributed by atoms with E-state index < -0.39 is 38.6 Å². The number of carbonyl (C=O) groups excluding carboxylic acids is 1. The first-order chi connectivity index (χ1) is 12.8. The second kappa shape index (κ2) is 6.75. The average Bonchev–Trinajstić information content (AvgIpc) is 3.06. The maximum absolute atomic E-state index is 14.1. The van der Waals surface area contributed by atoms with Gasteiger partial charge in [0.15, 0.2) is 5.65 Å². The molecule has 3 rings (SSSR count). The summed E-state index contributed by atoms with van der Waals surface area (Å²) in [6, 6.07) is 3.81. The molecule has 0 fully saturated rings. The first-order valence-electron chi connectivity index (χ1n) is 7.14. The maximum Gasteiger partial charge on any atom is 0.340 e. The van der Waals surface area contributed by atoms with Gasteiger partial charge >= 0.3 is 12.0 Å². The molecule has 10 nitrogen and oxygen atoms in total. The Morgan fingerprint density at radius 2 is 1.96 bits per heavy atom. The molecule has 0 spiro atoms. The van der Waals surface area contributed by atoms with Crippen LogP contribution in [0.1, 0.15) is 10.4 Å². The Kier molecular flexibility index (Phi) is 4.61. The highest BCUT2D eigenvalue weighted by molar-refractivity contribution is 7.92. The number of sulfonamides is 1. The van der Waals surface area contributed by atoms with E-state index in [0.29, 0.717) is 0 Å². The van der Waals surface area contributed by atoms with E-state index in [1.807, 2.05) is 4.72 Å². The second-order valence-corrected chi connectivity index (χ2v) is 6.57. The first-order valence-corrected chi connectivity index (χ1v) is 8.62. The fourth-order valence-corrected chi connectivity index (χ4v) is 3.12. The lowest BCUT2D eigenvalue weighted by molar-refractivity contribution is 0.0601. The van der Waals surface area contributed by atoms with Crippen molar-refractivity contribution in [2.45, 2.75) is 5.16 Å². The zero-order valence-corrected chi connectivity index (χ0v) is 14.6. The standard InChI is InChI=1S/C14H11F2N5O5S/c1-25-12(22)7-4-3-5-8(15)11(7)20-27(23,24)13-18-10-6-9(16)17-14(26-2)21(10)19-13/h3-6,20H,1-2H3. The molecule has 2 aromatic heterocycles. The van der Waals surface area contributed by atoms with Crippen molar-refractivity contribution in [3.63, 3.8) is 0 Å². The molecule has 0 aliphatic carbocycles. The van der Waals surface area contributed by atoms with Crippen molar-refractivity contribution < 1.29 is 31.5 Å². The molecular formula is C14H11F2N5O5S. The van der Waals surface area contributed by atoms with Crippen molar-refractivity contribution in [2.24, 2.45) is 0 Å². The number of aromatic nitrogens is 4. The predicted octanol–water partition coefficient (Wildman–Crippen LogP) is 0.998. The third kappa shape index (κ3) is 3.36. The molecular weight excluding hydrogens is 388 g/mol. The highest BCUT2D eigenvalue weighted by atomic mass is 32.2. The number of halogens is 2. The summed E-state index contributed by atoms with van der Waals surface area (Å²) in [4.78, 5) is 18.8. The Labute approximate surface area is 150 Å². The van der Waals surface area contributed by atoms with Crippen LogP contribution in [0.3, 0.4) is 0 Å². The predicted molar refractivity (Wildman–Crippen MR) is 85.8 cm³/mol. The van der Waals surface area contributed by atoms with Gasteiger partial charge in [0.1, 0.15) is 5.82 Å². The summed E-state index contributed by atoms with van der Waals surface area (Å²) < 4.78 is 64.7. The number of methoxy groups -OCH3 is 2. The Morgan fingerprint density at radius 3 is 2.63 bits per heavy atom. The topological polar surface area (TPSA) is 125 Å². The Bertz CT molecular complexity index is 1150. The second-order valence-electron chi connectivity index (χ2n) is 4.99. The van der Waals surface area contributed by atoms with Gasteiger partial charge in [0, 0.05) is 6.07 Å². The molecule has 1 aromatic carbocycles.